The Balaban J connectivity index is 2.14. The third-order valence-electron chi connectivity index (χ3n) is 2.96. The highest BCUT2D eigenvalue weighted by Crippen LogP contribution is 2.30. The maximum atomic E-state index is 6.22. The Kier molecular flexibility index (Phi) is 5.29. The maximum Gasteiger partial charge on any atom is 0.207 e. The second-order valence-electron chi connectivity index (χ2n) is 4.50. The highest BCUT2D eigenvalue weighted by molar-refractivity contribution is 6.35. The molecule has 1 N–H and O–H groups in total. The monoisotopic (exact) mass is 313 g/mol. The molecule has 0 fully saturated rings. The molecule has 0 unspecified atom stereocenters. The lowest BCUT2D eigenvalue weighted by Gasteiger charge is -2.12. The standard InChI is InChI=1S/C14H17Cl2N3O/c1-10-8-12(16)13(9-11(10)15)18-14-17-4-6-19(14)5-3-7-20-2/h4,6,8-9H,3,5,7H2,1-2H3,(H,17,18). The zero-order valence-electron chi connectivity index (χ0n) is 11.5. The lowest BCUT2D eigenvalue weighted by atomic mass is 10.2. The fraction of sp³-hybridized carbons (Fsp3) is 0.357. The Morgan fingerprint density at radius 3 is 2.85 bits per heavy atom. The van der Waals surface area contributed by atoms with Gasteiger partial charge >= 0.3 is 0 Å². The van der Waals surface area contributed by atoms with Crippen LogP contribution in [0.2, 0.25) is 10.0 Å². The maximum absolute atomic E-state index is 6.22. The minimum atomic E-state index is 0.623. The van der Waals surface area contributed by atoms with Crippen LogP contribution >= 0.6 is 23.2 Å². The van der Waals surface area contributed by atoms with Crippen LogP contribution in [-0.2, 0) is 11.3 Å². The number of nitrogens with one attached hydrogen (secondary N) is 1. The zero-order valence-corrected chi connectivity index (χ0v) is 13.0. The SMILES string of the molecule is COCCCn1ccnc1Nc1cc(Cl)c(C)cc1Cl. The Morgan fingerprint density at radius 1 is 1.30 bits per heavy atom. The molecule has 1 aromatic heterocycles. The van der Waals surface area contributed by atoms with Gasteiger partial charge in [-0.05, 0) is 31.0 Å². The summed E-state index contributed by atoms with van der Waals surface area (Å²) in [6, 6.07) is 3.65. The van der Waals surface area contributed by atoms with Crippen LogP contribution in [0, 0.1) is 6.92 Å². The Hall–Kier alpha value is -1.23. The molecule has 0 aliphatic carbocycles. The van der Waals surface area contributed by atoms with Gasteiger partial charge in [-0.25, -0.2) is 4.98 Å². The van der Waals surface area contributed by atoms with Crippen LogP contribution in [0.25, 0.3) is 0 Å². The predicted octanol–water partition coefficient (Wildman–Crippen LogP) is 4.28. The van der Waals surface area contributed by atoms with Gasteiger partial charge in [0.05, 0.1) is 10.7 Å². The van der Waals surface area contributed by atoms with Crippen molar-refractivity contribution in [2.24, 2.45) is 0 Å². The first-order chi connectivity index (χ1) is 9.61. The first-order valence-corrected chi connectivity index (χ1v) is 7.10. The lowest BCUT2D eigenvalue weighted by molar-refractivity contribution is 0.190. The summed E-state index contributed by atoms with van der Waals surface area (Å²) in [5, 5.41) is 4.51. The number of halogens is 2. The predicted molar refractivity (Wildman–Crippen MR) is 83.2 cm³/mol. The number of anilines is 2. The van der Waals surface area contributed by atoms with E-state index >= 15 is 0 Å². The van der Waals surface area contributed by atoms with Gasteiger partial charge in [-0.1, -0.05) is 23.2 Å². The number of aromatic nitrogens is 2. The van der Waals surface area contributed by atoms with Crippen molar-refractivity contribution in [3.63, 3.8) is 0 Å². The Labute approximate surface area is 128 Å². The number of hydrogen-bond donors (Lipinski definition) is 1. The summed E-state index contributed by atoms with van der Waals surface area (Å²) in [6.07, 6.45) is 4.59. The van der Waals surface area contributed by atoms with Crippen molar-refractivity contribution in [3.8, 4) is 0 Å². The summed E-state index contributed by atoms with van der Waals surface area (Å²) in [5.74, 6) is 0.739. The molecule has 1 heterocycles. The average Bonchev–Trinajstić information content (AvgIpc) is 2.84. The van der Waals surface area contributed by atoms with Crippen molar-refractivity contribution in [1.29, 1.82) is 0 Å². The fourth-order valence-electron chi connectivity index (χ4n) is 1.86. The van der Waals surface area contributed by atoms with E-state index in [-0.39, 0.29) is 0 Å². The average molecular weight is 314 g/mol. The normalized spacial score (nSPS) is 10.8. The van der Waals surface area contributed by atoms with Crippen LogP contribution in [0.15, 0.2) is 24.5 Å². The highest BCUT2D eigenvalue weighted by atomic mass is 35.5. The zero-order chi connectivity index (χ0) is 14.5. The summed E-state index contributed by atoms with van der Waals surface area (Å²) in [7, 11) is 1.70. The van der Waals surface area contributed by atoms with Crippen LogP contribution < -0.4 is 5.32 Å². The Morgan fingerprint density at radius 2 is 2.10 bits per heavy atom. The van der Waals surface area contributed by atoms with E-state index in [0.29, 0.717) is 10.0 Å². The third kappa shape index (κ3) is 3.66. The van der Waals surface area contributed by atoms with E-state index in [4.69, 9.17) is 27.9 Å². The largest absolute Gasteiger partial charge is 0.385 e. The molecule has 0 aliphatic heterocycles. The van der Waals surface area contributed by atoms with Gasteiger partial charge in [0.1, 0.15) is 0 Å². The van der Waals surface area contributed by atoms with Crippen LogP contribution in [0.1, 0.15) is 12.0 Å². The molecular formula is C14H17Cl2N3O. The minimum absolute atomic E-state index is 0.623. The van der Waals surface area contributed by atoms with E-state index in [1.54, 1.807) is 13.3 Å². The smallest absolute Gasteiger partial charge is 0.207 e. The number of ether oxygens (including phenoxy) is 1. The van der Waals surface area contributed by atoms with E-state index in [0.717, 1.165) is 36.8 Å². The second-order valence-corrected chi connectivity index (χ2v) is 5.31. The fourth-order valence-corrected chi connectivity index (χ4v) is 2.28. The van der Waals surface area contributed by atoms with Gasteiger partial charge in [0.2, 0.25) is 5.95 Å². The molecule has 108 valence electrons. The second kappa shape index (κ2) is 6.97. The molecule has 0 aliphatic rings. The van der Waals surface area contributed by atoms with Crippen LogP contribution in [-0.4, -0.2) is 23.3 Å². The first-order valence-electron chi connectivity index (χ1n) is 6.34. The molecule has 2 rings (SSSR count). The van der Waals surface area contributed by atoms with Crippen molar-refractivity contribution < 1.29 is 4.74 Å². The van der Waals surface area contributed by atoms with Crippen LogP contribution in [0.3, 0.4) is 0 Å². The number of imidazole rings is 1. The summed E-state index contributed by atoms with van der Waals surface area (Å²) in [4.78, 5) is 4.29. The van der Waals surface area contributed by atoms with Crippen molar-refractivity contribution >= 4 is 34.8 Å². The molecule has 0 amide bonds. The van der Waals surface area contributed by atoms with Crippen molar-refractivity contribution in [2.75, 3.05) is 19.0 Å². The third-order valence-corrected chi connectivity index (χ3v) is 3.68. The summed E-state index contributed by atoms with van der Waals surface area (Å²) in [5.41, 5.74) is 1.70. The summed E-state index contributed by atoms with van der Waals surface area (Å²) in [6.45, 7) is 3.46. The van der Waals surface area contributed by atoms with Gasteiger partial charge in [-0.15, -0.1) is 0 Å². The van der Waals surface area contributed by atoms with Gasteiger partial charge in [0.25, 0.3) is 0 Å². The molecule has 0 bridgehead atoms. The first kappa shape index (κ1) is 15.2. The van der Waals surface area contributed by atoms with E-state index < -0.39 is 0 Å². The van der Waals surface area contributed by atoms with Crippen LogP contribution in [0.4, 0.5) is 11.6 Å². The van der Waals surface area contributed by atoms with E-state index in [1.165, 1.54) is 0 Å². The van der Waals surface area contributed by atoms with Crippen molar-refractivity contribution in [3.05, 3.63) is 40.1 Å². The molecule has 0 radical (unpaired) electrons. The van der Waals surface area contributed by atoms with Crippen LogP contribution in [0.5, 0.6) is 0 Å². The van der Waals surface area contributed by atoms with Gasteiger partial charge in [0, 0.05) is 37.7 Å². The molecule has 2 aromatic rings. The molecule has 0 saturated heterocycles. The summed E-state index contributed by atoms with van der Waals surface area (Å²) < 4.78 is 7.07. The molecule has 1 aromatic carbocycles. The van der Waals surface area contributed by atoms with E-state index in [9.17, 15) is 0 Å². The number of methoxy groups -OCH3 is 1. The van der Waals surface area contributed by atoms with Crippen molar-refractivity contribution in [1.82, 2.24) is 9.55 Å². The van der Waals surface area contributed by atoms with Gasteiger partial charge in [-0.2, -0.15) is 0 Å². The van der Waals surface area contributed by atoms with Gasteiger partial charge in [0.15, 0.2) is 0 Å². The molecule has 0 spiro atoms. The molecule has 0 atom stereocenters. The molecular weight excluding hydrogens is 297 g/mol. The topological polar surface area (TPSA) is 39.1 Å². The van der Waals surface area contributed by atoms with Gasteiger partial charge in [-0.3, -0.25) is 0 Å². The highest BCUT2D eigenvalue weighted by Gasteiger charge is 2.08. The molecule has 20 heavy (non-hydrogen) atoms. The quantitative estimate of drug-likeness (QED) is 0.809. The summed E-state index contributed by atoms with van der Waals surface area (Å²) >= 11 is 12.3. The number of rotatable bonds is 6. The van der Waals surface area contributed by atoms with Gasteiger partial charge < -0.3 is 14.6 Å². The lowest BCUT2D eigenvalue weighted by Crippen LogP contribution is -2.05. The molecule has 6 heteroatoms. The molecule has 4 nitrogen and oxygen atoms in total. The van der Waals surface area contributed by atoms with E-state index in [2.05, 4.69) is 10.3 Å². The Bertz CT molecular complexity index is 584. The van der Waals surface area contributed by atoms with Crippen molar-refractivity contribution in [2.45, 2.75) is 19.9 Å². The van der Waals surface area contributed by atoms with E-state index in [1.807, 2.05) is 29.8 Å². The number of aryl methyl sites for hydroxylation is 2. The molecule has 0 saturated carbocycles. The minimum Gasteiger partial charge on any atom is -0.385 e. The number of hydrogen-bond acceptors (Lipinski definition) is 3. The number of nitrogens with zero attached hydrogens (tertiary/aromatic N) is 2. The number of benzene rings is 1.